The lowest BCUT2D eigenvalue weighted by molar-refractivity contribution is -0.150. The number of nitrogens with two attached hydrogens (primary N) is 1. The number of carboxylic acids is 1. The summed E-state index contributed by atoms with van der Waals surface area (Å²) in [5, 5.41) is 8.52. The molecule has 1 unspecified atom stereocenters. The van der Waals surface area contributed by atoms with Crippen molar-refractivity contribution in [3.05, 3.63) is 0 Å². The smallest absolute Gasteiger partial charge is 0.307 e. The fraction of sp³-hybridized carbons (Fsp3) is 0.833. The summed E-state index contributed by atoms with van der Waals surface area (Å²) in [5.74, 6) is -1.39. The highest BCUT2D eigenvalue weighted by Crippen LogP contribution is 2.11. The van der Waals surface area contributed by atoms with Crippen LogP contribution in [0.15, 0.2) is 0 Å². The van der Waals surface area contributed by atoms with Crippen LogP contribution in [0.25, 0.3) is 0 Å². The van der Waals surface area contributed by atoms with Gasteiger partial charge in [-0.05, 0) is 12.8 Å². The van der Waals surface area contributed by atoms with Crippen molar-refractivity contribution in [2.24, 2.45) is 5.73 Å². The summed E-state index contributed by atoms with van der Waals surface area (Å²) >= 11 is 0. The third-order valence-electron chi connectivity index (χ3n) is 2.39. The van der Waals surface area contributed by atoms with Crippen molar-refractivity contribution in [2.75, 3.05) is 0 Å². The van der Waals surface area contributed by atoms with Gasteiger partial charge in [0.1, 0.15) is 6.10 Å². The number of hydrogen-bond acceptors (Lipinski definition) is 4. The third kappa shape index (κ3) is 8.68. The molecule has 0 aliphatic carbocycles. The van der Waals surface area contributed by atoms with E-state index in [-0.39, 0.29) is 18.9 Å². The van der Waals surface area contributed by atoms with Crippen LogP contribution in [0, 0.1) is 0 Å². The first kappa shape index (κ1) is 15.9. The maximum atomic E-state index is 11.5. The Morgan fingerprint density at radius 1 is 1.18 bits per heavy atom. The van der Waals surface area contributed by atoms with E-state index >= 15 is 0 Å². The number of ether oxygens (including phenoxy) is 1. The zero-order chi connectivity index (χ0) is 13.3. The zero-order valence-electron chi connectivity index (χ0n) is 10.6. The molecule has 0 saturated heterocycles. The van der Waals surface area contributed by atoms with E-state index in [1.165, 1.54) is 0 Å². The van der Waals surface area contributed by atoms with Crippen LogP contribution in [0.1, 0.15) is 52.4 Å². The maximum absolute atomic E-state index is 11.5. The summed E-state index contributed by atoms with van der Waals surface area (Å²) in [6.07, 6.45) is 3.30. The average Bonchev–Trinajstić information content (AvgIpc) is 2.16. The molecule has 5 heteroatoms. The van der Waals surface area contributed by atoms with Crippen LogP contribution >= 0.6 is 0 Å². The van der Waals surface area contributed by atoms with Gasteiger partial charge >= 0.3 is 11.9 Å². The summed E-state index contributed by atoms with van der Waals surface area (Å²) in [6.45, 7) is 4.07. The Hall–Kier alpha value is -1.10. The van der Waals surface area contributed by atoms with Crippen molar-refractivity contribution >= 4 is 11.9 Å². The van der Waals surface area contributed by atoms with Crippen molar-refractivity contribution in [3.63, 3.8) is 0 Å². The minimum atomic E-state index is -0.996. The normalized spacial score (nSPS) is 12.5. The summed E-state index contributed by atoms with van der Waals surface area (Å²) in [4.78, 5) is 21.9. The predicted octanol–water partition coefficient (Wildman–Crippen LogP) is 1.69. The maximum Gasteiger partial charge on any atom is 0.307 e. The fourth-order valence-corrected chi connectivity index (χ4v) is 1.65. The molecule has 0 aromatic heterocycles. The molecular weight excluding hydrogens is 222 g/mol. The molecule has 1 atom stereocenters. The third-order valence-corrected chi connectivity index (χ3v) is 2.39. The first-order valence-corrected chi connectivity index (χ1v) is 6.16. The molecule has 0 aromatic rings. The van der Waals surface area contributed by atoms with Crippen LogP contribution in [0.2, 0.25) is 0 Å². The van der Waals surface area contributed by atoms with Gasteiger partial charge in [-0.1, -0.05) is 26.7 Å². The molecule has 0 aliphatic heterocycles. The molecule has 0 saturated carbocycles. The number of esters is 1. The molecule has 17 heavy (non-hydrogen) atoms. The molecular formula is C12H23NO4. The molecule has 0 amide bonds. The number of carbonyl (C=O) groups excluding carboxylic acids is 1. The topological polar surface area (TPSA) is 89.6 Å². The fourth-order valence-electron chi connectivity index (χ4n) is 1.65. The molecule has 100 valence electrons. The minimum absolute atomic E-state index is 0.0315. The number of aliphatic carboxylic acids is 1. The molecule has 0 radical (unpaired) electrons. The van der Waals surface area contributed by atoms with Gasteiger partial charge in [-0.3, -0.25) is 9.59 Å². The highest BCUT2D eigenvalue weighted by atomic mass is 16.5. The van der Waals surface area contributed by atoms with Crippen LogP contribution in [0.4, 0.5) is 0 Å². The number of carboxylic acid groups (broad SMARTS) is 1. The Morgan fingerprint density at radius 2 is 1.71 bits per heavy atom. The zero-order valence-corrected chi connectivity index (χ0v) is 10.6. The highest BCUT2D eigenvalue weighted by Gasteiger charge is 2.17. The Morgan fingerprint density at radius 3 is 2.12 bits per heavy atom. The summed E-state index contributed by atoms with van der Waals surface area (Å²) in [7, 11) is 0. The summed E-state index contributed by atoms with van der Waals surface area (Å²) in [6, 6.07) is -0.663. The first-order chi connectivity index (χ1) is 7.99. The van der Waals surface area contributed by atoms with Gasteiger partial charge in [-0.2, -0.15) is 0 Å². The van der Waals surface area contributed by atoms with Gasteiger partial charge in [-0.25, -0.2) is 0 Å². The molecule has 0 fully saturated rings. The molecule has 0 bridgehead atoms. The molecule has 0 aliphatic rings. The van der Waals surface area contributed by atoms with Gasteiger partial charge in [-0.15, -0.1) is 0 Å². The second-order valence-electron chi connectivity index (χ2n) is 4.25. The second kappa shape index (κ2) is 8.98. The summed E-state index contributed by atoms with van der Waals surface area (Å²) in [5.41, 5.74) is 5.52. The SMILES string of the molecule is CCCC(CCC)OC(=O)CC(N)CC(=O)O. The van der Waals surface area contributed by atoms with E-state index in [1.807, 2.05) is 13.8 Å². The number of hydrogen-bond donors (Lipinski definition) is 2. The molecule has 0 rings (SSSR count). The van der Waals surface area contributed by atoms with E-state index in [0.29, 0.717) is 0 Å². The summed E-state index contributed by atoms with van der Waals surface area (Å²) < 4.78 is 5.27. The van der Waals surface area contributed by atoms with Crippen molar-refractivity contribution in [3.8, 4) is 0 Å². The van der Waals surface area contributed by atoms with Crippen LogP contribution in [0.5, 0.6) is 0 Å². The minimum Gasteiger partial charge on any atom is -0.481 e. The van der Waals surface area contributed by atoms with Crippen LogP contribution in [-0.2, 0) is 14.3 Å². The van der Waals surface area contributed by atoms with E-state index in [4.69, 9.17) is 15.6 Å². The standard InChI is InChI=1S/C12H23NO4/c1-3-5-10(6-4-2)17-12(16)8-9(13)7-11(14)15/h9-10H,3-8,13H2,1-2H3,(H,14,15). The Balaban J connectivity index is 3.99. The lowest BCUT2D eigenvalue weighted by atomic mass is 10.1. The van der Waals surface area contributed by atoms with Gasteiger partial charge in [0.15, 0.2) is 0 Å². The van der Waals surface area contributed by atoms with E-state index < -0.39 is 18.0 Å². The monoisotopic (exact) mass is 245 g/mol. The molecule has 5 nitrogen and oxygen atoms in total. The van der Waals surface area contributed by atoms with Gasteiger partial charge < -0.3 is 15.6 Å². The van der Waals surface area contributed by atoms with Gasteiger partial charge in [0.2, 0.25) is 0 Å². The Kier molecular flexibility index (Phi) is 8.40. The van der Waals surface area contributed by atoms with Crippen molar-refractivity contribution in [1.82, 2.24) is 0 Å². The first-order valence-electron chi connectivity index (χ1n) is 6.16. The Bertz CT molecular complexity index is 237. The largest absolute Gasteiger partial charge is 0.481 e. The van der Waals surface area contributed by atoms with Crippen molar-refractivity contribution in [2.45, 2.75) is 64.5 Å². The van der Waals surface area contributed by atoms with Gasteiger partial charge in [0, 0.05) is 6.04 Å². The van der Waals surface area contributed by atoms with Crippen molar-refractivity contribution < 1.29 is 19.4 Å². The Labute approximate surface area is 102 Å². The molecule has 3 N–H and O–H groups in total. The van der Waals surface area contributed by atoms with Crippen LogP contribution in [-0.4, -0.2) is 29.2 Å². The van der Waals surface area contributed by atoms with Gasteiger partial charge in [0.05, 0.1) is 12.8 Å². The lowest BCUT2D eigenvalue weighted by Gasteiger charge is -2.17. The van der Waals surface area contributed by atoms with Crippen molar-refractivity contribution in [1.29, 1.82) is 0 Å². The quantitative estimate of drug-likeness (QED) is 0.603. The molecule has 0 heterocycles. The lowest BCUT2D eigenvalue weighted by Crippen LogP contribution is -2.29. The van der Waals surface area contributed by atoms with E-state index in [9.17, 15) is 9.59 Å². The average molecular weight is 245 g/mol. The van der Waals surface area contributed by atoms with E-state index in [1.54, 1.807) is 0 Å². The van der Waals surface area contributed by atoms with Crippen LogP contribution < -0.4 is 5.73 Å². The van der Waals surface area contributed by atoms with Crippen LogP contribution in [0.3, 0.4) is 0 Å². The molecule has 0 spiro atoms. The van der Waals surface area contributed by atoms with Gasteiger partial charge in [0.25, 0.3) is 0 Å². The van der Waals surface area contributed by atoms with E-state index in [0.717, 1.165) is 25.7 Å². The number of carbonyl (C=O) groups is 2. The highest BCUT2D eigenvalue weighted by molar-refractivity contribution is 5.73. The second-order valence-corrected chi connectivity index (χ2v) is 4.25. The molecule has 0 aromatic carbocycles. The predicted molar refractivity (Wildman–Crippen MR) is 64.5 cm³/mol. The number of rotatable bonds is 9. The van der Waals surface area contributed by atoms with E-state index in [2.05, 4.69) is 0 Å².